The number of rotatable bonds is 2. The van der Waals surface area contributed by atoms with Gasteiger partial charge in [0, 0.05) is 24.1 Å². The Morgan fingerprint density at radius 1 is 1.50 bits per heavy atom. The zero-order valence-electron chi connectivity index (χ0n) is 8.76. The maximum absolute atomic E-state index is 12.9. The van der Waals surface area contributed by atoms with Gasteiger partial charge in [0.05, 0.1) is 0 Å². The number of aliphatic imine (C=N–C) groups is 1. The number of guanidine groups is 1. The van der Waals surface area contributed by atoms with Gasteiger partial charge in [0.1, 0.15) is 5.82 Å². The first-order valence-corrected chi connectivity index (χ1v) is 6.01. The summed E-state index contributed by atoms with van der Waals surface area (Å²) in [6.07, 6.45) is 1.07. The van der Waals surface area contributed by atoms with Crippen LogP contribution in [-0.2, 0) is 6.54 Å². The number of nitrogens with zero attached hydrogens (tertiary/aromatic N) is 1. The second-order valence-electron chi connectivity index (χ2n) is 3.60. The summed E-state index contributed by atoms with van der Waals surface area (Å²) in [5.74, 6) is 0.589. The lowest BCUT2D eigenvalue weighted by Gasteiger charge is -2.16. The summed E-state index contributed by atoms with van der Waals surface area (Å²) in [5.41, 5.74) is 1.01. The van der Waals surface area contributed by atoms with E-state index in [1.165, 1.54) is 12.1 Å². The number of hydrogen-bond donors (Lipinski definition) is 2. The van der Waals surface area contributed by atoms with Crippen molar-refractivity contribution in [2.24, 2.45) is 4.99 Å². The van der Waals surface area contributed by atoms with Crippen LogP contribution in [0.1, 0.15) is 12.0 Å². The fraction of sp³-hybridized carbons (Fsp3) is 0.364. The summed E-state index contributed by atoms with van der Waals surface area (Å²) >= 11 is 3.33. The Labute approximate surface area is 102 Å². The molecule has 0 amide bonds. The van der Waals surface area contributed by atoms with Crippen LogP contribution in [-0.4, -0.2) is 19.0 Å². The highest BCUT2D eigenvalue weighted by molar-refractivity contribution is 9.10. The summed E-state index contributed by atoms with van der Waals surface area (Å²) in [6, 6.07) is 4.68. The van der Waals surface area contributed by atoms with E-state index in [0.29, 0.717) is 6.54 Å². The van der Waals surface area contributed by atoms with Gasteiger partial charge in [-0.05, 0) is 24.1 Å². The summed E-state index contributed by atoms with van der Waals surface area (Å²) in [7, 11) is 0. The quantitative estimate of drug-likeness (QED) is 0.872. The predicted molar refractivity (Wildman–Crippen MR) is 65.9 cm³/mol. The van der Waals surface area contributed by atoms with Gasteiger partial charge in [-0.3, -0.25) is 4.99 Å². The van der Waals surface area contributed by atoms with Gasteiger partial charge in [0.25, 0.3) is 0 Å². The Bertz CT molecular complexity index is 406. The smallest absolute Gasteiger partial charge is 0.191 e. The van der Waals surface area contributed by atoms with E-state index in [-0.39, 0.29) is 5.82 Å². The second kappa shape index (κ2) is 5.30. The van der Waals surface area contributed by atoms with Crippen LogP contribution < -0.4 is 10.6 Å². The fourth-order valence-electron chi connectivity index (χ4n) is 1.50. The molecule has 0 bridgehead atoms. The molecule has 1 aliphatic heterocycles. The molecule has 1 aromatic rings. The van der Waals surface area contributed by atoms with Crippen molar-refractivity contribution in [1.82, 2.24) is 10.6 Å². The maximum Gasteiger partial charge on any atom is 0.191 e. The molecule has 1 aromatic carbocycles. The SMILES string of the molecule is Fc1ccc(CNC2=NCCCN2)c(Br)c1. The first kappa shape index (κ1) is 11.4. The molecular weight excluding hydrogens is 273 g/mol. The average molecular weight is 286 g/mol. The van der Waals surface area contributed by atoms with Crippen molar-refractivity contribution < 1.29 is 4.39 Å². The van der Waals surface area contributed by atoms with Crippen LogP contribution in [0.5, 0.6) is 0 Å². The largest absolute Gasteiger partial charge is 0.356 e. The zero-order chi connectivity index (χ0) is 11.4. The first-order valence-electron chi connectivity index (χ1n) is 5.22. The zero-order valence-corrected chi connectivity index (χ0v) is 10.3. The van der Waals surface area contributed by atoms with E-state index in [1.54, 1.807) is 6.07 Å². The lowest BCUT2D eigenvalue weighted by molar-refractivity contribution is 0.625. The van der Waals surface area contributed by atoms with E-state index in [2.05, 4.69) is 31.6 Å². The highest BCUT2D eigenvalue weighted by atomic mass is 79.9. The van der Waals surface area contributed by atoms with Gasteiger partial charge in [0.15, 0.2) is 5.96 Å². The molecule has 0 spiro atoms. The molecule has 0 saturated carbocycles. The molecule has 2 N–H and O–H groups in total. The van der Waals surface area contributed by atoms with Crippen LogP contribution in [0.15, 0.2) is 27.7 Å². The van der Waals surface area contributed by atoms with Crippen molar-refractivity contribution in [3.05, 3.63) is 34.1 Å². The topological polar surface area (TPSA) is 36.4 Å². The summed E-state index contributed by atoms with van der Waals surface area (Å²) < 4.78 is 13.6. The minimum atomic E-state index is -0.233. The number of halogens is 2. The van der Waals surface area contributed by atoms with Gasteiger partial charge >= 0.3 is 0 Å². The van der Waals surface area contributed by atoms with Gasteiger partial charge in [-0.2, -0.15) is 0 Å². The number of nitrogens with one attached hydrogen (secondary N) is 2. The van der Waals surface area contributed by atoms with Crippen LogP contribution in [0.2, 0.25) is 0 Å². The van der Waals surface area contributed by atoms with Crippen LogP contribution in [0, 0.1) is 5.82 Å². The molecule has 0 unspecified atom stereocenters. The molecule has 2 rings (SSSR count). The molecular formula is C11H13BrFN3. The third kappa shape index (κ3) is 2.95. The standard InChI is InChI=1S/C11H13BrFN3/c12-10-6-9(13)3-2-8(10)7-16-11-14-4-1-5-15-11/h2-3,6H,1,4-5,7H2,(H2,14,15,16). The van der Waals surface area contributed by atoms with Crippen molar-refractivity contribution in [2.45, 2.75) is 13.0 Å². The molecule has 1 heterocycles. The van der Waals surface area contributed by atoms with Gasteiger partial charge in [-0.15, -0.1) is 0 Å². The molecule has 0 fully saturated rings. The molecule has 0 atom stereocenters. The van der Waals surface area contributed by atoms with E-state index in [4.69, 9.17) is 0 Å². The molecule has 0 saturated heterocycles. The molecule has 1 aliphatic rings. The molecule has 86 valence electrons. The first-order chi connectivity index (χ1) is 7.75. The molecule has 0 aliphatic carbocycles. The molecule has 16 heavy (non-hydrogen) atoms. The average Bonchev–Trinajstić information content (AvgIpc) is 2.29. The van der Waals surface area contributed by atoms with E-state index >= 15 is 0 Å². The second-order valence-corrected chi connectivity index (χ2v) is 4.45. The Morgan fingerprint density at radius 3 is 3.06 bits per heavy atom. The Balaban J connectivity index is 1.96. The van der Waals surface area contributed by atoms with Gasteiger partial charge in [-0.1, -0.05) is 22.0 Å². The lowest BCUT2D eigenvalue weighted by Crippen LogP contribution is -2.40. The molecule has 0 radical (unpaired) electrons. The van der Waals surface area contributed by atoms with E-state index in [1.807, 2.05) is 0 Å². The summed E-state index contributed by atoms with van der Waals surface area (Å²) in [4.78, 5) is 4.30. The van der Waals surface area contributed by atoms with Crippen molar-refractivity contribution in [3.8, 4) is 0 Å². The van der Waals surface area contributed by atoms with Crippen LogP contribution in [0.4, 0.5) is 4.39 Å². The van der Waals surface area contributed by atoms with Crippen molar-refractivity contribution in [2.75, 3.05) is 13.1 Å². The number of benzene rings is 1. The minimum Gasteiger partial charge on any atom is -0.356 e. The van der Waals surface area contributed by atoms with Crippen LogP contribution in [0.3, 0.4) is 0 Å². The van der Waals surface area contributed by atoms with Crippen molar-refractivity contribution in [1.29, 1.82) is 0 Å². The summed E-state index contributed by atoms with van der Waals surface area (Å²) in [5, 5.41) is 6.35. The molecule has 5 heteroatoms. The summed E-state index contributed by atoms with van der Waals surface area (Å²) in [6.45, 7) is 2.45. The lowest BCUT2D eigenvalue weighted by atomic mass is 10.2. The van der Waals surface area contributed by atoms with Crippen LogP contribution >= 0.6 is 15.9 Å². The predicted octanol–water partition coefficient (Wildman–Crippen LogP) is 2.03. The minimum absolute atomic E-state index is 0.233. The van der Waals surface area contributed by atoms with E-state index in [9.17, 15) is 4.39 Å². The van der Waals surface area contributed by atoms with Gasteiger partial charge in [-0.25, -0.2) is 4.39 Å². The molecule has 0 aromatic heterocycles. The maximum atomic E-state index is 12.9. The fourth-order valence-corrected chi connectivity index (χ4v) is 1.99. The Morgan fingerprint density at radius 2 is 2.38 bits per heavy atom. The number of hydrogen-bond acceptors (Lipinski definition) is 3. The third-order valence-corrected chi connectivity index (χ3v) is 3.10. The third-order valence-electron chi connectivity index (χ3n) is 2.36. The van der Waals surface area contributed by atoms with Gasteiger partial charge < -0.3 is 10.6 Å². The van der Waals surface area contributed by atoms with Crippen LogP contribution in [0.25, 0.3) is 0 Å². The highest BCUT2D eigenvalue weighted by Gasteiger charge is 2.05. The normalized spacial score (nSPS) is 15.2. The van der Waals surface area contributed by atoms with E-state index in [0.717, 1.165) is 35.5 Å². The van der Waals surface area contributed by atoms with E-state index < -0.39 is 0 Å². The molecule has 3 nitrogen and oxygen atoms in total. The van der Waals surface area contributed by atoms with Crippen molar-refractivity contribution >= 4 is 21.9 Å². The Hall–Kier alpha value is -1.10. The van der Waals surface area contributed by atoms with Crippen molar-refractivity contribution in [3.63, 3.8) is 0 Å². The monoisotopic (exact) mass is 285 g/mol. The van der Waals surface area contributed by atoms with Gasteiger partial charge in [0.2, 0.25) is 0 Å². The Kier molecular flexibility index (Phi) is 3.77. The highest BCUT2D eigenvalue weighted by Crippen LogP contribution is 2.17.